The number of carbonyl (C=O) groups excluding carboxylic acids is 1. The van der Waals surface area contributed by atoms with Crippen molar-refractivity contribution in [3.8, 4) is 0 Å². The minimum atomic E-state index is -0.0456. The molecular weight excluding hydrogens is 302 g/mol. The van der Waals surface area contributed by atoms with Crippen molar-refractivity contribution < 1.29 is 9.32 Å². The van der Waals surface area contributed by atoms with Crippen LogP contribution in [-0.4, -0.2) is 27.5 Å². The van der Waals surface area contributed by atoms with Gasteiger partial charge in [-0.1, -0.05) is 42.4 Å². The summed E-state index contributed by atoms with van der Waals surface area (Å²) in [6.07, 6.45) is 6.19. The Bertz CT molecular complexity index is 654. The van der Waals surface area contributed by atoms with E-state index in [0.29, 0.717) is 18.1 Å². The molecule has 1 saturated heterocycles. The Kier molecular flexibility index (Phi) is 5.62. The van der Waals surface area contributed by atoms with E-state index in [1.54, 1.807) is 0 Å². The SMILES string of the molecule is CCc1noc(C2CCCCN2C(=O)CCCc2ccccc2)n1. The molecular formula is C19H25N3O2. The molecule has 1 unspecified atom stereocenters. The van der Waals surface area contributed by atoms with Gasteiger partial charge in [0.25, 0.3) is 0 Å². The summed E-state index contributed by atoms with van der Waals surface area (Å²) in [4.78, 5) is 19.1. The van der Waals surface area contributed by atoms with E-state index >= 15 is 0 Å². The number of hydrogen-bond acceptors (Lipinski definition) is 4. The predicted octanol–water partition coefficient (Wildman–Crippen LogP) is 3.71. The molecule has 1 aromatic heterocycles. The number of piperidine rings is 1. The number of nitrogens with zero attached hydrogens (tertiary/aromatic N) is 3. The number of aryl methyl sites for hydroxylation is 2. The maximum atomic E-state index is 12.7. The van der Waals surface area contributed by atoms with Crippen LogP contribution in [0.2, 0.25) is 0 Å². The van der Waals surface area contributed by atoms with E-state index in [0.717, 1.165) is 45.1 Å². The van der Waals surface area contributed by atoms with Gasteiger partial charge in [-0.15, -0.1) is 0 Å². The molecule has 0 aliphatic carbocycles. The largest absolute Gasteiger partial charge is 0.337 e. The van der Waals surface area contributed by atoms with Gasteiger partial charge in [0.05, 0.1) is 0 Å². The fourth-order valence-electron chi connectivity index (χ4n) is 3.27. The van der Waals surface area contributed by atoms with E-state index in [9.17, 15) is 4.79 Å². The third kappa shape index (κ3) is 4.02. The third-order valence-electron chi connectivity index (χ3n) is 4.61. The fraction of sp³-hybridized carbons (Fsp3) is 0.526. The molecule has 2 aromatic rings. The van der Waals surface area contributed by atoms with Crippen LogP contribution in [0.25, 0.3) is 0 Å². The van der Waals surface area contributed by atoms with Crippen molar-refractivity contribution >= 4 is 5.91 Å². The number of rotatable bonds is 6. The van der Waals surface area contributed by atoms with Gasteiger partial charge in [-0.05, 0) is 37.7 Å². The lowest BCUT2D eigenvalue weighted by atomic mass is 10.0. The molecule has 0 bridgehead atoms. The summed E-state index contributed by atoms with van der Waals surface area (Å²) in [7, 11) is 0. The second-order valence-electron chi connectivity index (χ2n) is 6.34. The van der Waals surface area contributed by atoms with E-state index in [1.165, 1.54) is 5.56 Å². The molecule has 2 heterocycles. The van der Waals surface area contributed by atoms with Crippen LogP contribution >= 0.6 is 0 Å². The summed E-state index contributed by atoms with van der Waals surface area (Å²) in [6, 6.07) is 10.3. The van der Waals surface area contributed by atoms with Crippen molar-refractivity contribution in [3.63, 3.8) is 0 Å². The minimum Gasteiger partial charge on any atom is -0.337 e. The molecule has 1 amide bonds. The molecule has 5 heteroatoms. The van der Waals surface area contributed by atoms with Crippen molar-refractivity contribution in [2.24, 2.45) is 0 Å². The molecule has 0 radical (unpaired) electrons. The first-order valence-electron chi connectivity index (χ1n) is 8.94. The molecule has 1 atom stereocenters. The summed E-state index contributed by atoms with van der Waals surface area (Å²) in [5.74, 6) is 1.52. The topological polar surface area (TPSA) is 59.2 Å². The Balaban J connectivity index is 1.59. The van der Waals surface area contributed by atoms with Gasteiger partial charge in [-0.2, -0.15) is 4.98 Å². The summed E-state index contributed by atoms with van der Waals surface area (Å²) in [5.41, 5.74) is 1.28. The third-order valence-corrected chi connectivity index (χ3v) is 4.61. The van der Waals surface area contributed by atoms with Gasteiger partial charge in [0.1, 0.15) is 6.04 Å². The number of carbonyl (C=O) groups is 1. The van der Waals surface area contributed by atoms with Gasteiger partial charge < -0.3 is 9.42 Å². The van der Waals surface area contributed by atoms with E-state index in [2.05, 4.69) is 22.3 Å². The van der Waals surface area contributed by atoms with Crippen LogP contribution in [0, 0.1) is 0 Å². The summed E-state index contributed by atoms with van der Waals surface area (Å²) >= 11 is 0. The van der Waals surface area contributed by atoms with Crippen molar-refractivity contribution in [2.45, 2.75) is 57.9 Å². The zero-order valence-electron chi connectivity index (χ0n) is 14.3. The van der Waals surface area contributed by atoms with Crippen molar-refractivity contribution in [1.82, 2.24) is 15.0 Å². The zero-order chi connectivity index (χ0) is 16.8. The summed E-state index contributed by atoms with van der Waals surface area (Å²) in [5, 5.41) is 3.98. The van der Waals surface area contributed by atoms with Crippen LogP contribution < -0.4 is 0 Å². The smallest absolute Gasteiger partial charge is 0.249 e. The van der Waals surface area contributed by atoms with E-state index < -0.39 is 0 Å². The normalized spacial score (nSPS) is 17.9. The monoisotopic (exact) mass is 327 g/mol. The van der Waals surface area contributed by atoms with Gasteiger partial charge in [0.2, 0.25) is 11.8 Å². The highest BCUT2D eigenvalue weighted by Crippen LogP contribution is 2.30. The van der Waals surface area contributed by atoms with Crippen LogP contribution in [0.5, 0.6) is 0 Å². The number of amides is 1. The minimum absolute atomic E-state index is 0.0456. The molecule has 0 N–H and O–H groups in total. The van der Waals surface area contributed by atoms with E-state index in [-0.39, 0.29) is 11.9 Å². The second kappa shape index (κ2) is 8.08. The molecule has 0 spiro atoms. The van der Waals surface area contributed by atoms with Gasteiger partial charge >= 0.3 is 0 Å². The number of aromatic nitrogens is 2. The molecule has 1 fully saturated rings. The Morgan fingerprint density at radius 3 is 2.88 bits per heavy atom. The molecule has 3 rings (SSSR count). The molecule has 24 heavy (non-hydrogen) atoms. The highest BCUT2D eigenvalue weighted by atomic mass is 16.5. The zero-order valence-corrected chi connectivity index (χ0v) is 14.3. The maximum Gasteiger partial charge on any atom is 0.249 e. The van der Waals surface area contributed by atoms with Gasteiger partial charge in [-0.25, -0.2) is 0 Å². The van der Waals surface area contributed by atoms with Gasteiger partial charge in [0, 0.05) is 19.4 Å². The average Bonchev–Trinajstić information content (AvgIpc) is 3.11. The number of benzene rings is 1. The quantitative estimate of drug-likeness (QED) is 0.811. The standard InChI is InChI=1S/C19H25N3O2/c1-2-17-20-19(24-21-17)16-12-6-7-14-22(16)18(23)13-8-11-15-9-4-3-5-10-15/h3-5,9-10,16H,2,6-8,11-14H2,1H3. The fourth-order valence-corrected chi connectivity index (χ4v) is 3.27. The second-order valence-corrected chi connectivity index (χ2v) is 6.34. The van der Waals surface area contributed by atoms with Gasteiger partial charge in [0.15, 0.2) is 5.82 Å². The van der Waals surface area contributed by atoms with Crippen molar-refractivity contribution in [2.75, 3.05) is 6.54 Å². The Hall–Kier alpha value is -2.17. The Labute approximate surface area is 143 Å². The Morgan fingerprint density at radius 2 is 2.12 bits per heavy atom. The van der Waals surface area contributed by atoms with Crippen LogP contribution in [0.1, 0.15) is 62.3 Å². The summed E-state index contributed by atoms with van der Waals surface area (Å²) in [6.45, 7) is 2.79. The van der Waals surface area contributed by atoms with Crippen molar-refractivity contribution in [3.05, 3.63) is 47.6 Å². The predicted molar refractivity (Wildman–Crippen MR) is 91.4 cm³/mol. The molecule has 128 valence electrons. The van der Waals surface area contributed by atoms with E-state index in [4.69, 9.17) is 4.52 Å². The first-order valence-corrected chi connectivity index (χ1v) is 8.94. The van der Waals surface area contributed by atoms with Crippen LogP contribution in [-0.2, 0) is 17.6 Å². The van der Waals surface area contributed by atoms with Crippen LogP contribution in [0.15, 0.2) is 34.9 Å². The molecule has 1 aliphatic rings. The van der Waals surface area contributed by atoms with Gasteiger partial charge in [-0.3, -0.25) is 4.79 Å². The molecule has 1 aliphatic heterocycles. The highest BCUT2D eigenvalue weighted by Gasteiger charge is 2.31. The van der Waals surface area contributed by atoms with E-state index in [1.807, 2.05) is 30.0 Å². The molecule has 0 saturated carbocycles. The lowest BCUT2D eigenvalue weighted by Gasteiger charge is -2.33. The lowest BCUT2D eigenvalue weighted by Crippen LogP contribution is -2.38. The van der Waals surface area contributed by atoms with Crippen LogP contribution in [0.3, 0.4) is 0 Å². The molecule has 1 aromatic carbocycles. The first-order chi connectivity index (χ1) is 11.8. The van der Waals surface area contributed by atoms with Crippen LogP contribution in [0.4, 0.5) is 0 Å². The number of likely N-dealkylation sites (tertiary alicyclic amines) is 1. The summed E-state index contributed by atoms with van der Waals surface area (Å²) < 4.78 is 5.39. The van der Waals surface area contributed by atoms with Crippen molar-refractivity contribution in [1.29, 1.82) is 0 Å². The highest BCUT2D eigenvalue weighted by molar-refractivity contribution is 5.76. The lowest BCUT2D eigenvalue weighted by molar-refractivity contribution is -0.135. The maximum absolute atomic E-state index is 12.7. The number of hydrogen-bond donors (Lipinski definition) is 0. The molecule has 5 nitrogen and oxygen atoms in total. The average molecular weight is 327 g/mol. The first kappa shape index (κ1) is 16.7. The Morgan fingerprint density at radius 1 is 1.29 bits per heavy atom.